The van der Waals surface area contributed by atoms with E-state index in [1.54, 1.807) is 0 Å². The minimum atomic E-state index is 0.850. The van der Waals surface area contributed by atoms with Crippen LogP contribution in [0.15, 0.2) is 17.1 Å². The number of rotatable bonds is 5. The molecular formula is C23H36N2. The minimum Gasteiger partial charge on any atom is -0.372 e. The molecule has 2 aliphatic rings. The number of benzene rings is 1. The van der Waals surface area contributed by atoms with E-state index in [0.717, 1.165) is 18.3 Å². The molecule has 0 aromatic heterocycles. The summed E-state index contributed by atoms with van der Waals surface area (Å²) in [7, 11) is 0. The van der Waals surface area contributed by atoms with Gasteiger partial charge in [0.1, 0.15) is 0 Å². The topological polar surface area (TPSA) is 15.6 Å². The van der Waals surface area contributed by atoms with Gasteiger partial charge in [0.2, 0.25) is 0 Å². The SMILES string of the molecule is CCC=Nc1c(C)cc(N2CCCCC2)cc1CC1CCC(C)CC1. The Kier molecular flexibility index (Phi) is 6.56. The molecule has 1 aromatic carbocycles. The van der Waals surface area contributed by atoms with Crippen molar-refractivity contribution in [2.75, 3.05) is 18.0 Å². The average molecular weight is 341 g/mol. The van der Waals surface area contributed by atoms with Gasteiger partial charge >= 0.3 is 0 Å². The maximum atomic E-state index is 4.85. The molecule has 0 N–H and O–H groups in total. The first-order valence-corrected chi connectivity index (χ1v) is 10.6. The molecule has 3 rings (SSSR count). The van der Waals surface area contributed by atoms with Crippen LogP contribution >= 0.6 is 0 Å². The van der Waals surface area contributed by atoms with E-state index < -0.39 is 0 Å². The second-order valence-electron chi connectivity index (χ2n) is 8.37. The molecule has 0 spiro atoms. The lowest BCUT2D eigenvalue weighted by atomic mass is 9.79. The van der Waals surface area contributed by atoms with E-state index in [9.17, 15) is 0 Å². The van der Waals surface area contributed by atoms with Crippen molar-refractivity contribution in [1.29, 1.82) is 0 Å². The van der Waals surface area contributed by atoms with Crippen LogP contribution in [-0.2, 0) is 6.42 Å². The normalized spacial score (nSPS) is 24.8. The standard InChI is InChI=1S/C23H36N2/c1-4-12-24-23-19(3)15-22(25-13-6-5-7-14-25)17-21(23)16-20-10-8-18(2)9-11-20/h12,15,17-18,20H,4-11,13-14,16H2,1-3H3. The van der Waals surface area contributed by atoms with Crippen LogP contribution in [0.25, 0.3) is 0 Å². The summed E-state index contributed by atoms with van der Waals surface area (Å²) in [4.78, 5) is 7.44. The van der Waals surface area contributed by atoms with E-state index in [-0.39, 0.29) is 0 Å². The van der Waals surface area contributed by atoms with Gasteiger partial charge in [-0.25, -0.2) is 0 Å². The lowest BCUT2D eigenvalue weighted by molar-refractivity contribution is 0.289. The van der Waals surface area contributed by atoms with Gasteiger partial charge in [0.05, 0.1) is 5.69 Å². The summed E-state index contributed by atoms with van der Waals surface area (Å²) < 4.78 is 0. The smallest absolute Gasteiger partial charge is 0.0688 e. The first-order chi connectivity index (χ1) is 12.2. The Morgan fingerprint density at radius 2 is 1.80 bits per heavy atom. The molecule has 1 aliphatic heterocycles. The van der Waals surface area contributed by atoms with E-state index in [1.807, 2.05) is 0 Å². The van der Waals surface area contributed by atoms with Crippen LogP contribution in [0.1, 0.15) is 76.3 Å². The third-order valence-electron chi connectivity index (χ3n) is 6.13. The monoisotopic (exact) mass is 340 g/mol. The maximum Gasteiger partial charge on any atom is 0.0688 e. The number of nitrogens with zero attached hydrogens (tertiary/aromatic N) is 2. The van der Waals surface area contributed by atoms with Crippen LogP contribution in [0.2, 0.25) is 0 Å². The van der Waals surface area contributed by atoms with E-state index in [0.29, 0.717) is 0 Å². The van der Waals surface area contributed by atoms with Crippen LogP contribution in [0.3, 0.4) is 0 Å². The van der Waals surface area contributed by atoms with Crippen LogP contribution in [0.4, 0.5) is 11.4 Å². The van der Waals surface area contributed by atoms with Crippen molar-refractivity contribution in [3.63, 3.8) is 0 Å². The molecule has 138 valence electrons. The average Bonchev–Trinajstić information content (AvgIpc) is 2.63. The third-order valence-corrected chi connectivity index (χ3v) is 6.13. The third kappa shape index (κ3) is 4.86. The van der Waals surface area contributed by atoms with Gasteiger partial charge in [-0.2, -0.15) is 0 Å². The number of aryl methyl sites for hydroxylation is 1. The molecule has 0 atom stereocenters. The highest BCUT2D eigenvalue weighted by molar-refractivity contribution is 5.70. The molecule has 1 heterocycles. The first-order valence-electron chi connectivity index (χ1n) is 10.6. The summed E-state index contributed by atoms with van der Waals surface area (Å²) >= 11 is 0. The molecule has 0 unspecified atom stereocenters. The highest BCUT2D eigenvalue weighted by Gasteiger charge is 2.21. The van der Waals surface area contributed by atoms with Crippen molar-refractivity contribution in [3.05, 3.63) is 23.3 Å². The molecular weight excluding hydrogens is 304 g/mol. The fourth-order valence-electron chi connectivity index (χ4n) is 4.53. The predicted octanol–water partition coefficient (Wildman–Crippen LogP) is 6.47. The van der Waals surface area contributed by atoms with Crippen molar-refractivity contribution in [2.24, 2.45) is 16.8 Å². The van der Waals surface area contributed by atoms with Gasteiger partial charge < -0.3 is 4.90 Å². The number of aliphatic imine (C=N–C) groups is 1. The predicted molar refractivity (Wildman–Crippen MR) is 111 cm³/mol. The fraction of sp³-hybridized carbons (Fsp3) is 0.696. The molecule has 0 amide bonds. The molecule has 0 radical (unpaired) electrons. The van der Waals surface area contributed by atoms with E-state index >= 15 is 0 Å². The molecule has 1 aromatic rings. The van der Waals surface area contributed by atoms with Gasteiger partial charge in [-0.3, -0.25) is 4.99 Å². The number of hydrogen-bond donors (Lipinski definition) is 0. The van der Waals surface area contributed by atoms with E-state index in [1.165, 1.54) is 87.0 Å². The number of hydrogen-bond acceptors (Lipinski definition) is 2. The molecule has 2 fully saturated rings. The summed E-state index contributed by atoms with van der Waals surface area (Å²) in [6.07, 6.45) is 14.0. The van der Waals surface area contributed by atoms with Crippen LogP contribution < -0.4 is 4.90 Å². The number of anilines is 1. The highest BCUT2D eigenvalue weighted by Crippen LogP contribution is 2.36. The summed E-state index contributed by atoms with van der Waals surface area (Å²) in [5, 5.41) is 0. The van der Waals surface area contributed by atoms with E-state index in [4.69, 9.17) is 4.99 Å². The van der Waals surface area contributed by atoms with Crippen molar-refractivity contribution in [3.8, 4) is 0 Å². The molecule has 1 saturated heterocycles. The molecule has 0 bridgehead atoms. The quantitative estimate of drug-likeness (QED) is 0.561. The summed E-state index contributed by atoms with van der Waals surface area (Å²) in [6, 6.07) is 4.85. The summed E-state index contributed by atoms with van der Waals surface area (Å²) in [6.45, 7) is 9.27. The van der Waals surface area contributed by atoms with Crippen molar-refractivity contribution in [2.45, 2.75) is 78.6 Å². The Bertz CT molecular complexity index is 576. The van der Waals surface area contributed by atoms with Crippen LogP contribution in [0, 0.1) is 18.8 Å². The lowest BCUT2D eigenvalue weighted by Crippen LogP contribution is -2.29. The Labute approximate surface area is 154 Å². The van der Waals surface area contributed by atoms with Crippen LogP contribution in [0.5, 0.6) is 0 Å². The Morgan fingerprint density at radius 3 is 2.48 bits per heavy atom. The van der Waals surface area contributed by atoms with Crippen LogP contribution in [-0.4, -0.2) is 19.3 Å². The van der Waals surface area contributed by atoms with Gasteiger partial charge in [0, 0.05) is 25.0 Å². The molecule has 2 nitrogen and oxygen atoms in total. The van der Waals surface area contributed by atoms with Crippen molar-refractivity contribution in [1.82, 2.24) is 0 Å². The van der Waals surface area contributed by atoms with Gasteiger partial charge in [-0.15, -0.1) is 0 Å². The Hall–Kier alpha value is -1.31. The van der Waals surface area contributed by atoms with E-state index in [2.05, 4.69) is 44.0 Å². The fourth-order valence-corrected chi connectivity index (χ4v) is 4.53. The molecule has 2 heteroatoms. The zero-order chi connectivity index (χ0) is 17.6. The summed E-state index contributed by atoms with van der Waals surface area (Å²) in [5.41, 5.74) is 5.53. The second kappa shape index (κ2) is 8.87. The minimum absolute atomic E-state index is 0.850. The Morgan fingerprint density at radius 1 is 1.08 bits per heavy atom. The second-order valence-corrected chi connectivity index (χ2v) is 8.37. The summed E-state index contributed by atoms with van der Waals surface area (Å²) in [5.74, 6) is 1.78. The Balaban J connectivity index is 1.85. The first kappa shape index (κ1) is 18.5. The largest absolute Gasteiger partial charge is 0.372 e. The van der Waals surface area contributed by atoms with Crippen molar-refractivity contribution < 1.29 is 0 Å². The van der Waals surface area contributed by atoms with Crippen molar-refractivity contribution >= 4 is 17.6 Å². The van der Waals surface area contributed by atoms with Gasteiger partial charge in [0.25, 0.3) is 0 Å². The highest BCUT2D eigenvalue weighted by atomic mass is 15.1. The molecule has 1 aliphatic carbocycles. The lowest BCUT2D eigenvalue weighted by Gasteiger charge is -2.31. The zero-order valence-electron chi connectivity index (χ0n) is 16.6. The van der Waals surface area contributed by atoms with Gasteiger partial charge in [0.15, 0.2) is 0 Å². The molecule has 1 saturated carbocycles. The van der Waals surface area contributed by atoms with Gasteiger partial charge in [-0.05, 0) is 87.0 Å². The molecule has 25 heavy (non-hydrogen) atoms. The maximum absolute atomic E-state index is 4.85. The van der Waals surface area contributed by atoms with Gasteiger partial charge in [-0.1, -0.05) is 26.7 Å². The zero-order valence-corrected chi connectivity index (χ0v) is 16.6. The number of piperidine rings is 1.